The number of pyridine rings is 1. The molecule has 7 aromatic rings. The zero-order chi connectivity index (χ0) is 97.8. The largest absolute Gasteiger partial charge is 0.459 e. The van der Waals surface area contributed by atoms with Crippen LogP contribution < -0.4 is 32.3 Å². The Morgan fingerprint density at radius 2 is 1.42 bits per heavy atom. The third kappa shape index (κ3) is 25.6. The number of carbonyl (C=O) groups is 8. The lowest BCUT2D eigenvalue weighted by atomic mass is 9.80. The van der Waals surface area contributed by atoms with Crippen molar-refractivity contribution in [2.45, 2.75) is 218 Å². The van der Waals surface area contributed by atoms with Gasteiger partial charge in [-0.1, -0.05) is 82.4 Å². The molecule has 0 unspecified atom stereocenters. The topological polar surface area (TPSA) is 510 Å². The maximum absolute atomic E-state index is 14.8. The second kappa shape index (κ2) is 47.9. The van der Waals surface area contributed by atoms with Crippen molar-refractivity contribution in [3.8, 4) is 11.3 Å². The van der Waals surface area contributed by atoms with Crippen molar-refractivity contribution in [2.75, 3.05) is 141 Å². The molecule has 2 bridgehead atoms. The Morgan fingerprint density at radius 3 is 2.17 bits per heavy atom. The van der Waals surface area contributed by atoms with Gasteiger partial charge in [0, 0.05) is 157 Å². The number of hydrogen-bond donors (Lipinski definition) is 8. The maximum Gasteiger partial charge on any atom is 0.410 e. The van der Waals surface area contributed by atoms with Crippen molar-refractivity contribution in [3.63, 3.8) is 0 Å². The van der Waals surface area contributed by atoms with E-state index in [1.807, 2.05) is 77.0 Å². The molecule has 39 nitrogen and oxygen atoms in total. The van der Waals surface area contributed by atoms with Gasteiger partial charge in [-0.05, 0) is 136 Å². The predicted octanol–water partition coefficient (Wildman–Crippen LogP) is 6.99. The van der Waals surface area contributed by atoms with E-state index in [-0.39, 0.29) is 93.2 Å². The number of aromatic nitrogens is 10. The smallest absolute Gasteiger partial charge is 0.410 e. The van der Waals surface area contributed by atoms with Crippen LogP contribution in [0.1, 0.15) is 163 Å². The number of carbonyl (C=O) groups excluding carboxylic acids is 8. The van der Waals surface area contributed by atoms with E-state index < -0.39 is 126 Å². The fraction of sp³-hybridized carbons (Fsp3) is 0.576. The molecule has 11 N–H and O–H groups in total. The Balaban J connectivity index is 0.479. The van der Waals surface area contributed by atoms with E-state index in [1.165, 1.54) is 38.2 Å². The number of H-pyrrole nitrogens is 1. The van der Waals surface area contributed by atoms with Crippen LogP contribution >= 0.6 is 0 Å². The number of ether oxygens (including phenoxy) is 9. The number of nitrogens with one attached hydrogen (secondary N) is 2. The molecule has 6 aliphatic heterocycles. The first kappa shape index (κ1) is 102. The number of piperazine rings is 1. The number of aliphatic hydroxyl groups is 3. The first-order valence-electron chi connectivity index (χ1n) is 48.2. The number of nitrogens with two attached hydrogens (primary N) is 3. The molecule has 14 rings (SSSR count). The normalized spacial score (nSPS) is 26.3. The van der Waals surface area contributed by atoms with Crippen molar-refractivity contribution in [1.29, 1.82) is 0 Å². The number of anilines is 4. The number of Topliss-reactive ketones (excluding diaryl/α,β-unsaturated/α-hetero) is 3. The summed E-state index contributed by atoms with van der Waals surface area (Å²) in [4.78, 5) is 156. The summed E-state index contributed by atoms with van der Waals surface area (Å²) in [7, 11) is 3.08. The number of fused-ring (bicyclic) bond motifs is 7. The summed E-state index contributed by atoms with van der Waals surface area (Å²) in [5.74, 6) is -8.50. The molecule has 3 saturated heterocycles. The van der Waals surface area contributed by atoms with Gasteiger partial charge >= 0.3 is 12.1 Å². The number of nitrogens with zero attached hydrogens (tertiary/aromatic N) is 14. The van der Waals surface area contributed by atoms with Gasteiger partial charge < -0.3 is 110 Å². The number of allylic oxidation sites excluding steroid dienone is 6. The minimum atomic E-state index is -2.52. The van der Waals surface area contributed by atoms with Crippen LogP contribution in [0.5, 0.6) is 0 Å². The molecular formula is C99H133N19O20. The Bertz CT molecular complexity index is 5560. The van der Waals surface area contributed by atoms with E-state index in [0.717, 1.165) is 55.9 Å². The van der Waals surface area contributed by atoms with Gasteiger partial charge in [0.1, 0.15) is 65.5 Å². The summed E-state index contributed by atoms with van der Waals surface area (Å²) >= 11 is 0. The van der Waals surface area contributed by atoms with E-state index >= 15 is 0 Å². The molecule has 744 valence electrons. The van der Waals surface area contributed by atoms with Crippen molar-refractivity contribution in [1.82, 2.24) is 69.7 Å². The molecule has 138 heavy (non-hydrogen) atoms. The van der Waals surface area contributed by atoms with Crippen LogP contribution in [0.3, 0.4) is 0 Å². The highest BCUT2D eigenvalue weighted by molar-refractivity contribution is 6.39. The number of piperidine rings is 1. The van der Waals surface area contributed by atoms with Crippen LogP contribution in [0.2, 0.25) is 0 Å². The van der Waals surface area contributed by atoms with Crippen LogP contribution in [-0.4, -0.2) is 307 Å². The van der Waals surface area contributed by atoms with Crippen LogP contribution in [0.15, 0.2) is 109 Å². The van der Waals surface area contributed by atoms with Gasteiger partial charge in [0.05, 0.1) is 107 Å². The van der Waals surface area contributed by atoms with Crippen LogP contribution in [0.25, 0.3) is 33.3 Å². The molecule has 1 saturated carbocycles. The third-order valence-corrected chi connectivity index (χ3v) is 27.6. The van der Waals surface area contributed by atoms with Crippen molar-refractivity contribution >= 4 is 92.7 Å². The number of nitrogen functional groups attached to an aromatic ring is 2. The lowest BCUT2D eigenvalue weighted by Crippen LogP contribution is -2.61. The average molecular weight is 1910 g/mol. The number of rotatable bonds is 27. The lowest BCUT2D eigenvalue weighted by Gasteiger charge is -2.42. The number of aliphatic hydroxyl groups excluding tert-OH is 2. The Morgan fingerprint density at radius 1 is 0.696 bits per heavy atom. The minimum Gasteiger partial charge on any atom is -0.459 e. The van der Waals surface area contributed by atoms with Gasteiger partial charge in [-0.15, -0.1) is 0 Å². The summed E-state index contributed by atoms with van der Waals surface area (Å²) in [6, 6.07) is 8.03. The third-order valence-electron chi connectivity index (χ3n) is 27.6. The van der Waals surface area contributed by atoms with E-state index in [2.05, 4.69) is 58.3 Å². The van der Waals surface area contributed by atoms with Gasteiger partial charge in [-0.25, -0.2) is 44.2 Å². The highest BCUT2D eigenvalue weighted by Gasteiger charge is 2.54. The molecule has 15 atom stereocenters. The number of hydrogen-bond acceptors (Lipinski definition) is 33. The SMILES string of the molecule is CO[C@H]1C[C@@H]2CC[C@@H](C)[C@@](O)(O2)C(=O)C(=O)N2CCCC[C@H]2C(=O)O[C@H]([C@H](N)C[C@@H]2CC[C@@H](OC(=O)N3CCc4nc(N5CCN(c6ncc(C(=O)NCCOCCOCCOCCOCCC(=O)N7CCc8cc(Cn9nc(-c%10cnc%11[nH]ccc%11c%10)c%10c(N)ncnc%109)ccc8C7)c(N)n6)CC5)ncc4C3)[C@H](OC)C2)CC(=O)[C@H](C)/C=C(\C)[C@@H](O)[C@@H](O)C(=O)[C@H](C)C[C@H](C)/C=C/C=CC=C1C. The van der Waals surface area contributed by atoms with E-state index in [1.54, 1.807) is 45.2 Å². The number of ketones is 3. The summed E-state index contributed by atoms with van der Waals surface area (Å²) < 4.78 is 55.2. The zero-order valence-electron chi connectivity index (χ0n) is 80.1. The van der Waals surface area contributed by atoms with Crippen LogP contribution in [0.4, 0.5) is 28.3 Å². The molecule has 39 heteroatoms. The second-order valence-electron chi connectivity index (χ2n) is 37.4. The van der Waals surface area contributed by atoms with E-state index in [0.29, 0.717) is 184 Å². The maximum atomic E-state index is 14.8. The van der Waals surface area contributed by atoms with Gasteiger partial charge in [0.25, 0.3) is 17.6 Å². The standard InChI is InChI=1S/C99H133N19O20/c1-59-14-10-9-11-15-60(2)79(130-7)50-72-21-17-64(6)99(129,138-72)88(124)94(126)117-29-13-12-16-76(117)95(127)136-80(51-77(119)61(3)45-63(5)86(122)87(123)85(121)62(4)44-59)74(100)47-65-19-22-78(81(48-65)131-8)137-98(128)116-31-25-75-71(57-116)53-106-96(110-75)113-32-34-114(35-33-113)97-107-54-73(89(101)111-97)93(125)104-28-37-133-39-41-135-43-42-134-40-38-132-36-26-82(120)115-30-24-67-46-66(18-20-69(67)56-115)55-118-92-83(90(102)108-58-109-92)84(112-118)70-49-68-23-27-103-91(68)105-52-70/h9-11,14-15,18,20,23,27,45-46,49,52-54,58-59,61-62,64-65,72,74,76,78-81,86-87,122-123,129H,12-13,16-17,19,21-22,24-26,28-44,47-48,50-51,55-57,100H2,1-8H3,(H,103,105)(H,104,125)(H2,101,107,111)(H2,102,108,109)/b11-9?,14-10+,60-15?,63-45+/t59-,61-,62-,64-,65+,72+,74-,76+,78-,79+,80+,81-,86-,87+,99-/m1/s1. The molecule has 0 spiro atoms. The molecule has 4 fully saturated rings. The molecule has 7 aliphatic rings. The number of amides is 4. The predicted molar refractivity (Wildman–Crippen MR) is 510 cm³/mol. The second-order valence-corrected chi connectivity index (χ2v) is 37.4. The van der Waals surface area contributed by atoms with Gasteiger partial charge in [-0.2, -0.15) is 10.1 Å². The van der Waals surface area contributed by atoms with Gasteiger partial charge in [-0.3, -0.25) is 28.8 Å². The van der Waals surface area contributed by atoms with Crippen molar-refractivity contribution in [3.05, 3.63) is 143 Å². The summed E-state index contributed by atoms with van der Waals surface area (Å²) in [6.07, 6.45) is 16.4. The number of methoxy groups -OCH3 is 2. The van der Waals surface area contributed by atoms with Crippen LogP contribution in [0, 0.1) is 29.6 Å². The highest BCUT2D eigenvalue weighted by Crippen LogP contribution is 2.40. The number of benzene rings is 1. The van der Waals surface area contributed by atoms with Crippen molar-refractivity contribution < 1.29 is 96.3 Å². The molecular weight excluding hydrogens is 1780 g/mol. The molecule has 1 aromatic carbocycles. The van der Waals surface area contributed by atoms with Gasteiger partial charge in [0.15, 0.2) is 11.4 Å². The van der Waals surface area contributed by atoms with Crippen molar-refractivity contribution in [2.24, 2.45) is 35.3 Å². The Labute approximate surface area is 802 Å². The number of cyclic esters (lactones) is 1. The zero-order valence-corrected chi connectivity index (χ0v) is 80.1. The van der Waals surface area contributed by atoms with E-state index in [4.69, 9.17) is 74.9 Å². The molecule has 4 amide bonds. The van der Waals surface area contributed by atoms with Crippen LogP contribution in [-0.2, 0) is 104 Å². The Kier molecular flexibility index (Phi) is 35.5. The lowest BCUT2D eigenvalue weighted by molar-refractivity contribution is -0.265. The molecule has 0 radical (unpaired) electrons. The summed E-state index contributed by atoms with van der Waals surface area (Å²) in [6.45, 7) is 17.2. The first-order valence-corrected chi connectivity index (χ1v) is 48.2. The quantitative estimate of drug-likeness (QED) is 0.0111. The highest BCUT2D eigenvalue weighted by atomic mass is 16.6. The number of esters is 1. The summed E-state index contributed by atoms with van der Waals surface area (Å²) in [5, 5.41) is 44.2. The minimum absolute atomic E-state index is 0.0101. The number of aromatic amines is 1. The van der Waals surface area contributed by atoms with E-state index in [9.17, 15) is 53.7 Å². The molecule has 6 aromatic heterocycles. The summed E-state index contributed by atoms with van der Waals surface area (Å²) in [5.41, 5.74) is 28.8. The fourth-order valence-corrected chi connectivity index (χ4v) is 19.3. The average Bonchev–Trinajstić information content (AvgIpc) is 1.46. The monoisotopic (exact) mass is 1910 g/mol. The fourth-order valence-electron chi connectivity index (χ4n) is 19.3. The molecule has 1 aliphatic carbocycles. The first-order chi connectivity index (χ1) is 66.5. The van der Waals surface area contributed by atoms with Gasteiger partial charge in [0.2, 0.25) is 23.6 Å². The Hall–Kier alpha value is -11.5. The molecule has 12 heterocycles.